The Morgan fingerprint density at radius 2 is 2.29 bits per heavy atom. The molecule has 1 aromatic rings. The van der Waals surface area contributed by atoms with Crippen molar-refractivity contribution in [2.45, 2.75) is 25.2 Å². The maximum atomic E-state index is 11.4. The molecule has 1 fully saturated rings. The molecule has 0 radical (unpaired) electrons. The first-order valence-electron chi connectivity index (χ1n) is 5.12. The molecule has 1 saturated heterocycles. The van der Waals surface area contributed by atoms with Gasteiger partial charge in [-0.2, -0.15) is 4.98 Å². The van der Waals surface area contributed by atoms with Crippen LogP contribution in [0, 0.1) is 0 Å². The van der Waals surface area contributed by atoms with E-state index in [0.29, 0.717) is 6.42 Å². The number of ether oxygens (including phenoxy) is 1. The van der Waals surface area contributed by atoms with Crippen LogP contribution in [0.5, 0.6) is 0 Å². The molecule has 2 heterocycles. The van der Waals surface area contributed by atoms with E-state index in [0.717, 1.165) is 13.5 Å². The molecule has 96 valence electrons. The quantitative estimate of drug-likeness (QED) is 0.578. The molecule has 1 aromatic heterocycles. The molecule has 0 amide bonds. The van der Waals surface area contributed by atoms with Gasteiger partial charge in [0.25, 0.3) is 0 Å². The zero-order valence-electron chi connectivity index (χ0n) is 9.48. The fraction of sp³-hybridized carbons (Fsp3) is 0.667. The highest BCUT2D eigenvalue weighted by Gasteiger charge is 2.26. The van der Waals surface area contributed by atoms with E-state index in [-0.39, 0.29) is 18.7 Å². The van der Waals surface area contributed by atoms with E-state index in [1.165, 1.54) is 10.9 Å². The van der Waals surface area contributed by atoms with Gasteiger partial charge >= 0.3 is 5.69 Å². The van der Waals surface area contributed by atoms with Crippen molar-refractivity contribution in [3.8, 4) is 0 Å². The van der Waals surface area contributed by atoms with Crippen LogP contribution in [0.3, 0.4) is 0 Å². The van der Waals surface area contributed by atoms with Gasteiger partial charge in [-0.3, -0.25) is 4.57 Å². The molecular formula is C9H16N4O4. The Morgan fingerprint density at radius 3 is 2.82 bits per heavy atom. The molecule has 4 N–H and O–H groups in total. The van der Waals surface area contributed by atoms with Crippen molar-refractivity contribution in [3.63, 3.8) is 0 Å². The first-order valence-corrected chi connectivity index (χ1v) is 5.12. The summed E-state index contributed by atoms with van der Waals surface area (Å²) in [7, 11) is 1.00. The minimum atomic E-state index is -0.480. The zero-order valence-corrected chi connectivity index (χ0v) is 9.48. The number of rotatable bonds is 2. The topological polar surface area (TPSA) is 123 Å². The number of anilines is 1. The SMILES string of the molecule is CO.Nc1ncn(C2CCC(CO)O2)c(=O)n1. The van der Waals surface area contributed by atoms with Gasteiger partial charge in [0.05, 0.1) is 12.7 Å². The van der Waals surface area contributed by atoms with Crippen molar-refractivity contribution in [2.24, 2.45) is 0 Å². The molecule has 1 aliphatic heterocycles. The van der Waals surface area contributed by atoms with Crippen LogP contribution in [0.1, 0.15) is 19.1 Å². The van der Waals surface area contributed by atoms with E-state index >= 15 is 0 Å². The summed E-state index contributed by atoms with van der Waals surface area (Å²) in [6.07, 6.45) is 2.10. The minimum Gasteiger partial charge on any atom is -0.400 e. The largest absolute Gasteiger partial charge is 0.400 e. The monoisotopic (exact) mass is 244 g/mol. The van der Waals surface area contributed by atoms with Gasteiger partial charge in [-0.05, 0) is 12.8 Å². The van der Waals surface area contributed by atoms with Gasteiger partial charge in [0.1, 0.15) is 12.6 Å². The average Bonchev–Trinajstić information content (AvgIpc) is 2.80. The number of aromatic nitrogens is 3. The van der Waals surface area contributed by atoms with E-state index < -0.39 is 11.9 Å². The summed E-state index contributed by atoms with van der Waals surface area (Å²) in [6.45, 7) is -0.0406. The number of hydrogen-bond donors (Lipinski definition) is 3. The van der Waals surface area contributed by atoms with Crippen molar-refractivity contribution >= 4 is 5.95 Å². The van der Waals surface area contributed by atoms with Gasteiger partial charge in [-0.25, -0.2) is 9.78 Å². The molecule has 2 rings (SSSR count). The molecule has 0 aliphatic carbocycles. The van der Waals surface area contributed by atoms with Crippen LogP contribution in [0.2, 0.25) is 0 Å². The number of aliphatic hydroxyl groups excluding tert-OH is 2. The summed E-state index contributed by atoms with van der Waals surface area (Å²) in [6, 6.07) is 0. The third-order valence-electron chi connectivity index (χ3n) is 2.34. The Bertz CT molecular complexity index is 408. The summed E-state index contributed by atoms with van der Waals surface area (Å²) in [4.78, 5) is 18.6. The summed E-state index contributed by atoms with van der Waals surface area (Å²) in [5.74, 6) is -0.0482. The van der Waals surface area contributed by atoms with E-state index in [1.807, 2.05) is 0 Å². The number of aliphatic hydroxyl groups is 2. The van der Waals surface area contributed by atoms with Crippen LogP contribution in [0.4, 0.5) is 5.95 Å². The molecule has 8 nitrogen and oxygen atoms in total. The third-order valence-corrected chi connectivity index (χ3v) is 2.34. The van der Waals surface area contributed by atoms with Gasteiger partial charge < -0.3 is 20.7 Å². The fourth-order valence-electron chi connectivity index (χ4n) is 1.58. The number of nitrogen functional groups attached to an aromatic ring is 1. The normalized spacial score (nSPS) is 23.0. The third kappa shape index (κ3) is 3.22. The molecule has 0 spiro atoms. The van der Waals surface area contributed by atoms with Crippen LogP contribution in [-0.2, 0) is 4.74 Å². The fourth-order valence-corrected chi connectivity index (χ4v) is 1.58. The summed E-state index contributed by atoms with van der Waals surface area (Å²) >= 11 is 0. The summed E-state index contributed by atoms with van der Waals surface area (Å²) < 4.78 is 6.69. The van der Waals surface area contributed by atoms with Crippen molar-refractivity contribution in [1.82, 2.24) is 14.5 Å². The summed E-state index contributed by atoms with van der Waals surface area (Å²) in [5, 5.41) is 15.9. The molecule has 2 unspecified atom stereocenters. The molecule has 0 bridgehead atoms. The predicted octanol–water partition coefficient (Wildman–Crippen LogP) is -1.50. The maximum Gasteiger partial charge on any atom is 0.354 e. The van der Waals surface area contributed by atoms with Gasteiger partial charge in [0.2, 0.25) is 5.95 Å². The minimum absolute atomic E-state index is 0.0406. The highest BCUT2D eigenvalue weighted by atomic mass is 16.5. The number of nitrogens with two attached hydrogens (primary N) is 1. The van der Waals surface area contributed by atoms with E-state index in [9.17, 15) is 4.79 Å². The van der Waals surface area contributed by atoms with Crippen LogP contribution < -0.4 is 11.4 Å². The second-order valence-corrected chi connectivity index (χ2v) is 3.38. The van der Waals surface area contributed by atoms with Crippen molar-refractivity contribution in [3.05, 3.63) is 16.8 Å². The van der Waals surface area contributed by atoms with Crippen LogP contribution >= 0.6 is 0 Å². The van der Waals surface area contributed by atoms with Gasteiger partial charge in [0, 0.05) is 7.11 Å². The smallest absolute Gasteiger partial charge is 0.354 e. The van der Waals surface area contributed by atoms with Gasteiger partial charge in [0.15, 0.2) is 0 Å². The molecule has 0 saturated carbocycles. The van der Waals surface area contributed by atoms with E-state index in [1.54, 1.807) is 0 Å². The Labute approximate surface area is 97.7 Å². The highest BCUT2D eigenvalue weighted by molar-refractivity contribution is 5.09. The van der Waals surface area contributed by atoms with Crippen LogP contribution in [0.15, 0.2) is 11.1 Å². The predicted molar refractivity (Wildman–Crippen MR) is 59.1 cm³/mol. The Morgan fingerprint density at radius 1 is 1.59 bits per heavy atom. The number of nitrogens with zero attached hydrogens (tertiary/aromatic N) is 3. The van der Waals surface area contributed by atoms with Crippen molar-refractivity contribution in [2.75, 3.05) is 19.5 Å². The van der Waals surface area contributed by atoms with Gasteiger partial charge in [-0.1, -0.05) is 0 Å². The first-order chi connectivity index (χ1) is 8.20. The first kappa shape index (κ1) is 13.6. The molecule has 0 aromatic carbocycles. The summed E-state index contributed by atoms with van der Waals surface area (Å²) in [5.41, 5.74) is 4.78. The Kier molecular flexibility index (Phi) is 5.01. The van der Waals surface area contributed by atoms with Crippen LogP contribution in [0.25, 0.3) is 0 Å². The van der Waals surface area contributed by atoms with E-state index in [2.05, 4.69) is 9.97 Å². The average molecular weight is 244 g/mol. The zero-order chi connectivity index (χ0) is 12.8. The lowest BCUT2D eigenvalue weighted by atomic mass is 10.2. The van der Waals surface area contributed by atoms with E-state index in [4.69, 9.17) is 20.7 Å². The van der Waals surface area contributed by atoms with Crippen LogP contribution in [-0.4, -0.2) is 44.6 Å². The molecule has 8 heteroatoms. The van der Waals surface area contributed by atoms with Crippen molar-refractivity contribution in [1.29, 1.82) is 0 Å². The molecular weight excluding hydrogens is 228 g/mol. The maximum absolute atomic E-state index is 11.4. The second-order valence-electron chi connectivity index (χ2n) is 3.38. The Balaban J connectivity index is 0.000000686. The lowest BCUT2D eigenvalue weighted by molar-refractivity contribution is -0.0250. The van der Waals surface area contributed by atoms with Crippen molar-refractivity contribution < 1.29 is 14.9 Å². The molecule has 2 atom stereocenters. The lowest BCUT2D eigenvalue weighted by Crippen LogP contribution is -2.28. The standard InChI is InChI=1S/C8H12N4O3.CH4O/c9-7-10-4-12(8(14)11-7)6-2-1-5(3-13)15-6;1-2/h4-6,13H,1-3H2,(H2,9,11,14);2H,1H3. The molecule has 17 heavy (non-hydrogen) atoms. The molecule has 1 aliphatic rings. The lowest BCUT2D eigenvalue weighted by Gasteiger charge is -2.13. The highest BCUT2D eigenvalue weighted by Crippen LogP contribution is 2.26. The second kappa shape index (κ2) is 6.28. The Hall–Kier alpha value is -1.51. The number of hydrogen-bond acceptors (Lipinski definition) is 7. The van der Waals surface area contributed by atoms with Gasteiger partial charge in [-0.15, -0.1) is 0 Å².